The van der Waals surface area contributed by atoms with E-state index in [0.717, 1.165) is 53.9 Å². The molecule has 1 aliphatic rings. The maximum Gasteiger partial charge on any atom is 0.252 e. The average Bonchev–Trinajstić information content (AvgIpc) is 2.68. The summed E-state index contributed by atoms with van der Waals surface area (Å²) in [6.45, 7) is 13.8. The molecule has 3 heteroatoms. The number of halogens is 1. The number of benzene rings is 1. The Morgan fingerprint density at radius 2 is 1.58 bits per heavy atom. The number of fused-ring (bicyclic) bond motifs is 1. The molecule has 0 unspecified atom stereocenters. The third-order valence-corrected chi connectivity index (χ3v) is 7.34. The van der Waals surface area contributed by atoms with Crippen LogP contribution in [0.5, 0.6) is 5.75 Å². The van der Waals surface area contributed by atoms with Crippen molar-refractivity contribution in [2.45, 2.75) is 118 Å². The van der Waals surface area contributed by atoms with Crippen LogP contribution < -0.4 is 4.74 Å². The number of aryl methyl sites for hydroxylation is 2. The molecule has 1 aromatic carbocycles. The standard InChI is InChI=1S/C28H45ClO2/c1-20(2)10-7-11-21(3)12-8-13-22(4)14-9-16-28(6)17-15-24-19-25(27(29)30)18-23(5)26(24)31-28/h18-22H,7-17H2,1-6H3/t21-,22-,28-/m1/s1. The number of hydrogen-bond acceptors (Lipinski definition) is 2. The van der Waals surface area contributed by atoms with E-state index >= 15 is 0 Å². The van der Waals surface area contributed by atoms with Gasteiger partial charge in [0.25, 0.3) is 5.24 Å². The number of carbonyl (C=O) groups is 1. The molecule has 0 amide bonds. The van der Waals surface area contributed by atoms with Gasteiger partial charge in [0, 0.05) is 5.56 Å². The van der Waals surface area contributed by atoms with Crippen LogP contribution in [0.1, 0.15) is 120 Å². The van der Waals surface area contributed by atoms with E-state index in [2.05, 4.69) is 34.6 Å². The van der Waals surface area contributed by atoms with Crippen LogP contribution in [0.15, 0.2) is 12.1 Å². The van der Waals surface area contributed by atoms with Crippen LogP contribution in [0.3, 0.4) is 0 Å². The van der Waals surface area contributed by atoms with Crippen molar-refractivity contribution in [1.82, 2.24) is 0 Å². The molecule has 0 bridgehead atoms. The highest BCUT2D eigenvalue weighted by Crippen LogP contribution is 2.39. The zero-order valence-electron chi connectivity index (χ0n) is 20.9. The van der Waals surface area contributed by atoms with Crippen LogP contribution in [0.4, 0.5) is 0 Å². The van der Waals surface area contributed by atoms with Crippen molar-refractivity contribution < 1.29 is 9.53 Å². The smallest absolute Gasteiger partial charge is 0.252 e. The molecule has 1 heterocycles. The molecule has 0 radical (unpaired) electrons. The van der Waals surface area contributed by atoms with E-state index in [1.807, 2.05) is 19.1 Å². The normalized spacial score (nSPS) is 20.3. The topological polar surface area (TPSA) is 26.3 Å². The van der Waals surface area contributed by atoms with Crippen molar-refractivity contribution in [3.05, 3.63) is 28.8 Å². The second kappa shape index (κ2) is 12.3. The number of carbonyl (C=O) groups excluding carboxylic acids is 1. The molecule has 1 aromatic rings. The van der Waals surface area contributed by atoms with Crippen LogP contribution >= 0.6 is 11.6 Å². The van der Waals surface area contributed by atoms with Gasteiger partial charge in [-0.3, -0.25) is 4.79 Å². The van der Waals surface area contributed by atoms with Gasteiger partial charge >= 0.3 is 0 Å². The fourth-order valence-electron chi connectivity index (χ4n) is 4.97. The van der Waals surface area contributed by atoms with Gasteiger partial charge in [-0.05, 0) is 92.1 Å². The Balaban J connectivity index is 1.71. The van der Waals surface area contributed by atoms with Gasteiger partial charge < -0.3 is 4.74 Å². The molecule has 1 aliphatic heterocycles. The van der Waals surface area contributed by atoms with Crippen LogP contribution in [-0.4, -0.2) is 10.8 Å². The Morgan fingerprint density at radius 3 is 2.16 bits per heavy atom. The van der Waals surface area contributed by atoms with Crippen molar-refractivity contribution in [3.63, 3.8) is 0 Å². The second-order valence-electron chi connectivity index (χ2n) is 11.0. The summed E-state index contributed by atoms with van der Waals surface area (Å²) in [5.74, 6) is 3.47. The number of hydrogen-bond donors (Lipinski definition) is 0. The van der Waals surface area contributed by atoms with Gasteiger partial charge in [-0.25, -0.2) is 0 Å². The first-order valence-electron chi connectivity index (χ1n) is 12.6. The molecule has 31 heavy (non-hydrogen) atoms. The van der Waals surface area contributed by atoms with Crippen molar-refractivity contribution in [3.8, 4) is 5.75 Å². The van der Waals surface area contributed by atoms with Crippen molar-refractivity contribution in [2.24, 2.45) is 17.8 Å². The highest BCUT2D eigenvalue weighted by molar-refractivity contribution is 6.67. The zero-order chi connectivity index (χ0) is 23.0. The molecular weight excluding hydrogens is 404 g/mol. The van der Waals surface area contributed by atoms with Gasteiger partial charge in [0.05, 0.1) is 0 Å². The molecule has 0 fully saturated rings. The molecular formula is C28H45ClO2. The lowest BCUT2D eigenvalue weighted by Gasteiger charge is -2.37. The van der Waals surface area contributed by atoms with Gasteiger partial charge in [-0.2, -0.15) is 0 Å². The van der Waals surface area contributed by atoms with Crippen LogP contribution in [0.25, 0.3) is 0 Å². The monoisotopic (exact) mass is 448 g/mol. The fraction of sp³-hybridized carbons (Fsp3) is 0.750. The average molecular weight is 449 g/mol. The van der Waals surface area contributed by atoms with E-state index in [1.54, 1.807) is 0 Å². The van der Waals surface area contributed by atoms with Crippen LogP contribution in [-0.2, 0) is 6.42 Å². The summed E-state index contributed by atoms with van der Waals surface area (Å²) in [5.41, 5.74) is 2.61. The first kappa shape index (κ1) is 26.2. The summed E-state index contributed by atoms with van der Waals surface area (Å²) < 4.78 is 6.48. The molecule has 0 aromatic heterocycles. The number of ether oxygens (including phenoxy) is 1. The van der Waals surface area contributed by atoms with Gasteiger partial charge in [0.1, 0.15) is 11.4 Å². The highest BCUT2D eigenvalue weighted by Gasteiger charge is 2.32. The molecule has 2 rings (SSSR count). The quantitative estimate of drug-likeness (QED) is 0.281. The van der Waals surface area contributed by atoms with Crippen LogP contribution in [0.2, 0.25) is 0 Å². The summed E-state index contributed by atoms with van der Waals surface area (Å²) in [6, 6.07) is 3.76. The molecule has 3 atom stereocenters. The summed E-state index contributed by atoms with van der Waals surface area (Å²) in [5, 5.41) is -0.391. The highest BCUT2D eigenvalue weighted by atomic mass is 35.5. The van der Waals surface area contributed by atoms with E-state index in [9.17, 15) is 4.79 Å². The molecule has 2 nitrogen and oxygen atoms in total. The predicted octanol–water partition coefficient (Wildman–Crippen LogP) is 8.90. The van der Waals surface area contributed by atoms with Gasteiger partial charge in [0.15, 0.2) is 0 Å². The van der Waals surface area contributed by atoms with E-state index < -0.39 is 5.24 Å². The molecule has 0 N–H and O–H groups in total. The Kier molecular flexibility index (Phi) is 10.4. The van der Waals surface area contributed by atoms with Crippen LogP contribution in [0, 0.1) is 24.7 Å². The van der Waals surface area contributed by atoms with Gasteiger partial charge in [-0.1, -0.05) is 72.6 Å². The van der Waals surface area contributed by atoms with E-state index in [1.165, 1.54) is 51.4 Å². The van der Waals surface area contributed by atoms with E-state index in [0.29, 0.717) is 5.56 Å². The Hall–Kier alpha value is -1.02. The summed E-state index contributed by atoms with van der Waals surface area (Å²) in [6.07, 6.45) is 13.8. The summed E-state index contributed by atoms with van der Waals surface area (Å²) in [4.78, 5) is 11.5. The first-order chi connectivity index (χ1) is 14.6. The van der Waals surface area contributed by atoms with Gasteiger partial charge in [-0.15, -0.1) is 0 Å². The summed E-state index contributed by atoms with van der Waals surface area (Å²) >= 11 is 5.68. The zero-order valence-corrected chi connectivity index (χ0v) is 21.6. The Morgan fingerprint density at radius 1 is 1.00 bits per heavy atom. The summed E-state index contributed by atoms with van der Waals surface area (Å²) in [7, 11) is 0. The minimum atomic E-state index is -0.391. The van der Waals surface area contributed by atoms with Crippen molar-refractivity contribution in [2.75, 3.05) is 0 Å². The van der Waals surface area contributed by atoms with Gasteiger partial charge in [0.2, 0.25) is 0 Å². The predicted molar refractivity (Wildman–Crippen MR) is 133 cm³/mol. The first-order valence-corrected chi connectivity index (χ1v) is 13.0. The number of rotatable bonds is 13. The third-order valence-electron chi connectivity index (χ3n) is 7.12. The lowest BCUT2D eigenvalue weighted by molar-refractivity contribution is 0.0516. The van der Waals surface area contributed by atoms with Crippen molar-refractivity contribution in [1.29, 1.82) is 0 Å². The lowest BCUT2D eigenvalue weighted by atomic mass is 9.85. The third kappa shape index (κ3) is 8.79. The Bertz CT molecular complexity index is 711. The second-order valence-corrected chi connectivity index (χ2v) is 11.3. The molecule has 0 saturated heterocycles. The molecule has 0 saturated carbocycles. The van der Waals surface area contributed by atoms with E-state index in [4.69, 9.17) is 16.3 Å². The minimum Gasteiger partial charge on any atom is -0.487 e. The lowest BCUT2D eigenvalue weighted by Crippen LogP contribution is -2.36. The largest absolute Gasteiger partial charge is 0.487 e. The molecule has 176 valence electrons. The fourth-order valence-corrected chi connectivity index (χ4v) is 5.08. The van der Waals surface area contributed by atoms with E-state index in [-0.39, 0.29) is 5.60 Å². The molecule has 0 aliphatic carbocycles. The minimum absolute atomic E-state index is 0.102. The SMILES string of the molecule is Cc1cc(C(=O)Cl)cc2c1O[C@](C)(CCC[C@H](C)CCC[C@H](C)CCCC(C)C)CC2. The Labute approximate surface area is 196 Å². The maximum atomic E-state index is 11.5. The maximum absolute atomic E-state index is 11.5. The van der Waals surface area contributed by atoms with Crippen molar-refractivity contribution >= 4 is 16.8 Å². The molecule has 0 spiro atoms.